The zero-order valence-electron chi connectivity index (χ0n) is 18.2. The summed E-state index contributed by atoms with van der Waals surface area (Å²) in [7, 11) is 1.41. The molecule has 0 N–H and O–H groups in total. The molecule has 0 radical (unpaired) electrons. The topological polar surface area (TPSA) is 53.1 Å². The van der Waals surface area contributed by atoms with Crippen molar-refractivity contribution < 1.29 is 14.3 Å². The van der Waals surface area contributed by atoms with E-state index in [9.17, 15) is 9.59 Å². The SMILES string of the molecule is COC(=O)c1ccc(CN2CCC(N3CCC(C(=O)N4CCCC4)CC3)CC2)cc1. The van der Waals surface area contributed by atoms with Gasteiger partial charge in [0, 0.05) is 31.6 Å². The van der Waals surface area contributed by atoms with Gasteiger partial charge < -0.3 is 14.5 Å². The fraction of sp³-hybridized carbons (Fsp3) is 0.667. The van der Waals surface area contributed by atoms with E-state index >= 15 is 0 Å². The molecular weight excluding hydrogens is 378 g/mol. The smallest absolute Gasteiger partial charge is 0.337 e. The van der Waals surface area contributed by atoms with Crippen molar-refractivity contribution >= 4 is 11.9 Å². The number of carbonyl (C=O) groups is 2. The van der Waals surface area contributed by atoms with Gasteiger partial charge in [0.2, 0.25) is 5.91 Å². The van der Waals surface area contributed by atoms with Gasteiger partial charge >= 0.3 is 5.97 Å². The van der Waals surface area contributed by atoms with Gasteiger partial charge in [0.05, 0.1) is 12.7 Å². The zero-order valence-corrected chi connectivity index (χ0v) is 18.2. The molecule has 1 amide bonds. The van der Waals surface area contributed by atoms with Gasteiger partial charge in [-0.1, -0.05) is 12.1 Å². The second-order valence-corrected chi connectivity index (χ2v) is 9.04. The van der Waals surface area contributed by atoms with Crippen LogP contribution in [0.3, 0.4) is 0 Å². The van der Waals surface area contributed by atoms with Crippen molar-refractivity contribution in [2.75, 3.05) is 46.4 Å². The van der Waals surface area contributed by atoms with Crippen molar-refractivity contribution in [2.24, 2.45) is 5.92 Å². The lowest BCUT2D eigenvalue weighted by Crippen LogP contribution is -2.49. The number of ether oxygens (including phenoxy) is 1. The van der Waals surface area contributed by atoms with E-state index in [0.29, 0.717) is 17.5 Å². The van der Waals surface area contributed by atoms with Crippen molar-refractivity contribution in [2.45, 2.75) is 51.1 Å². The third-order valence-electron chi connectivity index (χ3n) is 7.15. The maximum absolute atomic E-state index is 12.7. The van der Waals surface area contributed by atoms with Gasteiger partial charge in [-0.25, -0.2) is 4.79 Å². The number of esters is 1. The minimum Gasteiger partial charge on any atom is -0.465 e. The summed E-state index contributed by atoms with van der Waals surface area (Å²) in [6, 6.07) is 8.41. The first kappa shape index (κ1) is 21.3. The third kappa shape index (κ3) is 5.03. The van der Waals surface area contributed by atoms with Crippen LogP contribution >= 0.6 is 0 Å². The number of hydrogen-bond donors (Lipinski definition) is 0. The van der Waals surface area contributed by atoms with Gasteiger partial charge in [-0.2, -0.15) is 0 Å². The molecule has 0 atom stereocenters. The van der Waals surface area contributed by atoms with Crippen LogP contribution in [0.2, 0.25) is 0 Å². The Kier molecular flexibility index (Phi) is 7.05. The van der Waals surface area contributed by atoms with Crippen molar-refractivity contribution in [3.05, 3.63) is 35.4 Å². The first-order chi connectivity index (χ1) is 14.6. The van der Waals surface area contributed by atoms with E-state index in [0.717, 1.165) is 58.7 Å². The highest BCUT2D eigenvalue weighted by molar-refractivity contribution is 5.89. The first-order valence-corrected chi connectivity index (χ1v) is 11.6. The molecule has 3 aliphatic rings. The first-order valence-electron chi connectivity index (χ1n) is 11.6. The van der Waals surface area contributed by atoms with E-state index in [1.54, 1.807) is 0 Å². The quantitative estimate of drug-likeness (QED) is 0.695. The van der Waals surface area contributed by atoms with Gasteiger partial charge in [-0.05, 0) is 82.4 Å². The van der Waals surface area contributed by atoms with E-state index in [4.69, 9.17) is 4.74 Å². The van der Waals surface area contributed by atoms with Gasteiger partial charge in [-0.3, -0.25) is 9.69 Å². The predicted octanol–water partition coefficient (Wildman–Crippen LogP) is 2.77. The number of piperidine rings is 2. The van der Waals surface area contributed by atoms with Crippen LogP contribution in [0, 0.1) is 5.92 Å². The summed E-state index contributed by atoms with van der Waals surface area (Å²) in [5, 5.41) is 0. The van der Waals surface area contributed by atoms with Crippen molar-refractivity contribution in [3.63, 3.8) is 0 Å². The molecule has 1 aromatic rings. The van der Waals surface area contributed by atoms with E-state index in [-0.39, 0.29) is 11.9 Å². The second-order valence-electron chi connectivity index (χ2n) is 9.04. The average Bonchev–Trinajstić information content (AvgIpc) is 3.34. The number of amides is 1. The summed E-state index contributed by atoms with van der Waals surface area (Å²) >= 11 is 0. The Balaban J connectivity index is 1.19. The molecule has 164 valence electrons. The maximum Gasteiger partial charge on any atom is 0.337 e. The van der Waals surface area contributed by atoms with E-state index < -0.39 is 0 Å². The Hall–Kier alpha value is -1.92. The fourth-order valence-electron chi connectivity index (χ4n) is 5.27. The minimum atomic E-state index is -0.284. The number of nitrogens with zero attached hydrogens (tertiary/aromatic N) is 3. The number of methoxy groups -OCH3 is 1. The monoisotopic (exact) mass is 413 g/mol. The van der Waals surface area contributed by atoms with Crippen LogP contribution in [0.15, 0.2) is 24.3 Å². The normalized spacial score (nSPS) is 22.4. The fourth-order valence-corrected chi connectivity index (χ4v) is 5.27. The van der Waals surface area contributed by atoms with Crippen molar-refractivity contribution in [3.8, 4) is 0 Å². The molecule has 3 aliphatic heterocycles. The number of benzene rings is 1. The van der Waals surface area contributed by atoms with E-state index in [2.05, 4.69) is 14.7 Å². The van der Waals surface area contributed by atoms with Gasteiger partial charge in [0.15, 0.2) is 0 Å². The minimum absolute atomic E-state index is 0.257. The average molecular weight is 414 g/mol. The Morgan fingerprint density at radius 3 is 2.13 bits per heavy atom. The molecule has 1 aromatic carbocycles. The zero-order chi connectivity index (χ0) is 20.9. The maximum atomic E-state index is 12.7. The lowest BCUT2D eigenvalue weighted by atomic mass is 9.92. The molecule has 30 heavy (non-hydrogen) atoms. The largest absolute Gasteiger partial charge is 0.465 e. The highest BCUT2D eigenvalue weighted by atomic mass is 16.5. The molecule has 6 nitrogen and oxygen atoms in total. The lowest BCUT2D eigenvalue weighted by Gasteiger charge is -2.42. The summed E-state index contributed by atoms with van der Waals surface area (Å²) in [5.41, 5.74) is 1.84. The number of carbonyl (C=O) groups excluding carboxylic acids is 2. The molecule has 0 aliphatic carbocycles. The Labute approximate surface area is 180 Å². The summed E-state index contributed by atoms with van der Waals surface area (Å²) < 4.78 is 4.77. The Morgan fingerprint density at radius 2 is 1.53 bits per heavy atom. The standard InChI is InChI=1S/C24H35N3O3/c1-30-24(29)21-6-4-19(5-7-21)18-25-14-10-22(11-15-25)26-16-8-20(9-17-26)23(28)27-12-2-3-13-27/h4-7,20,22H,2-3,8-18H2,1H3. The molecule has 3 fully saturated rings. The molecule has 0 bridgehead atoms. The molecule has 0 unspecified atom stereocenters. The van der Waals surface area contributed by atoms with Crippen LogP contribution in [0.5, 0.6) is 0 Å². The van der Waals surface area contributed by atoms with Crippen LogP contribution in [-0.2, 0) is 16.1 Å². The van der Waals surface area contributed by atoms with Gasteiger partial charge in [0.25, 0.3) is 0 Å². The Morgan fingerprint density at radius 1 is 0.900 bits per heavy atom. The van der Waals surface area contributed by atoms with Crippen LogP contribution in [-0.4, -0.2) is 79.0 Å². The molecule has 0 spiro atoms. The lowest BCUT2D eigenvalue weighted by molar-refractivity contribution is -0.136. The number of likely N-dealkylation sites (tertiary alicyclic amines) is 3. The van der Waals surface area contributed by atoms with Crippen LogP contribution in [0.1, 0.15) is 54.4 Å². The number of hydrogen-bond acceptors (Lipinski definition) is 5. The van der Waals surface area contributed by atoms with Crippen LogP contribution < -0.4 is 0 Å². The second kappa shape index (κ2) is 9.92. The third-order valence-corrected chi connectivity index (χ3v) is 7.15. The number of rotatable bonds is 5. The summed E-state index contributed by atoms with van der Waals surface area (Å²) in [6.07, 6.45) is 6.82. The van der Waals surface area contributed by atoms with Crippen molar-refractivity contribution in [1.29, 1.82) is 0 Å². The molecule has 0 aromatic heterocycles. The molecule has 3 saturated heterocycles. The summed E-state index contributed by atoms with van der Waals surface area (Å²) in [4.78, 5) is 31.5. The molecular formula is C24H35N3O3. The molecule has 0 saturated carbocycles. The van der Waals surface area contributed by atoms with Crippen LogP contribution in [0.25, 0.3) is 0 Å². The highest BCUT2D eigenvalue weighted by Crippen LogP contribution is 2.26. The highest BCUT2D eigenvalue weighted by Gasteiger charge is 2.33. The molecule has 4 rings (SSSR count). The van der Waals surface area contributed by atoms with E-state index in [1.165, 1.54) is 38.4 Å². The van der Waals surface area contributed by atoms with Crippen molar-refractivity contribution in [1.82, 2.24) is 14.7 Å². The molecule has 6 heteroatoms. The summed E-state index contributed by atoms with van der Waals surface area (Å²) in [5.74, 6) is 0.390. The molecule has 3 heterocycles. The van der Waals surface area contributed by atoms with Gasteiger partial charge in [0.1, 0.15) is 0 Å². The Bertz CT molecular complexity index is 714. The van der Waals surface area contributed by atoms with Gasteiger partial charge in [-0.15, -0.1) is 0 Å². The van der Waals surface area contributed by atoms with E-state index in [1.807, 2.05) is 24.3 Å². The summed E-state index contributed by atoms with van der Waals surface area (Å²) in [6.45, 7) is 7.24. The predicted molar refractivity (Wildman–Crippen MR) is 116 cm³/mol. The van der Waals surface area contributed by atoms with Crippen LogP contribution in [0.4, 0.5) is 0 Å².